The Hall–Kier alpha value is -1.27. The van der Waals surface area contributed by atoms with Gasteiger partial charge in [0.25, 0.3) is 10.1 Å². The SMILES string of the molecule is O=S(=O)(O)Cc1cc(O)cc(O)c1. The summed E-state index contributed by atoms with van der Waals surface area (Å²) in [7, 11) is -4.13. The van der Waals surface area contributed by atoms with Gasteiger partial charge in [-0.1, -0.05) is 0 Å². The summed E-state index contributed by atoms with van der Waals surface area (Å²) in [5, 5.41) is 17.9. The molecular formula is C7H8O5S. The van der Waals surface area contributed by atoms with Crippen LogP contribution in [0.5, 0.6) is 11.5 Å². The molecule has 13 heavy (non-hydrogen) atoms. The van der Waals surface area contributed by atoms with Crippen LogP contribution in [-0.2, 0) is 15.9 Å². The Kier molecular flexibility index (Phi) is 2.44. The van der Waals surface area contributed by atoms with Gasteiger partial charge in [-0.25, -0.2) is 0 Å². The highest BCUT2D eigenvalue weighted by molar-refractivity contribution is 7.85. The van der Waals surface area contributed by atoms with Crippen molar-refractivity contribution in [2.45, 2.75) is 5.75 Å². The van der Waals surface area contributed by atoms with E-state index in [-0.39, 0.29) is 17.1 Å². The van der Waals surface area contributed by atoms with Crippen LogP contribution in [0.4, 0.5) is 0 Å². The molecule has 0 aliphatic rings. The van der Waals surface area contributed by atoms with Crippen molar-refractivity contribution in [3.8, 4) is 11.5 Å². The van der Waals surface area contributed by atoms with Crippen molar-refractivity contribution >= 4 is 10.1 Å². The summed E-state index contributed by atoms with van der Waals surface area (Å²) >= 11 is 0. The highest BCUT2D eigenvalue weighted by Crippen LogP contribution is 2.21. The third-order valence-electron chi connectivity index (χ3n) is 1.31. The highest BCUT2D eigenvalue weighted by atomic mass is 32.2. The van der Waals surface area contributed by atoms with E-state index in [1.807, 2.05) is 0 Å². The maximum atomic E-state index is 10.4. The van der Waals surface area contributed by atoms with Crippen LogP contribution in [0.25, 0.3) is 0 Å². The number of phenols is 2. The summed E-state index contributed by atoms with van der Waals surface area (Å²) in [4.78, 5) is 0. The van der Waals surface area contributed by atoms with Gasteiger partial charge in [-0.3, -0.25) is 4.55 Å². The monoisotopic (exact) mass is 204 g/mol. The highest BCUT2D eigenvalue weighted by Gasteiger charge is 2.08. The standard InChI is InChI=1S/C7H8O5S/c8-6-1-5(2-7(9)3-6)4-13(10,11)12/h1-3,8-9H,4H2,(H,10,11,12). The molecule has 0 saturated heterocycles. The van der Waals surface area contributed by atoms with E-state index in [1.54, 1.807) is 0 Å². The fourth-order valence-corrected chi connectivity index (χ4v) is 1.54. The van der Waals surface area contributed by atoms with Crippen molar-refractivity contribution in [2.75, 3.05) is 0 Å². The number of rotatable bonds is 2. The number of phenolic OH excluding ortho intramolecular Hbond substituents is 2. The van der Waals surface area contributed by atoms with Gasteiger partial charge in [0, 0.05) is 6.07 Å². The first-order valence-electron chi connectivity index (χ1n) is 3.34. The molecular weight excluding hydrogens is 196 g/mol. The van der Waals surface area contributed by atoms with Gasteiger partial charge in [0.05, 0.1) is 0 Å². The van der Waals surface area contributed by atoms with Gasteiger partial charge in [0.1, 0.15) is 17.3 Å². The first-order chi connectivity index (χ1) is 5.87. The lowest BCUT2D eigenvalue weighted by molar-refractivity contribution is 0.449. The van der Waals surface area contributed by atoms with Crippen LogP contribution < -0.4 is 0 Å². The zero-order valence-corrected chi connectivity index (χ0v) is 7.32. The molecule has 0 bridgehead atoms. The van der Waals surface area contributed by atoms with Gasteiger partial charge in [0.15, 0.2) is 0 Å². The number of hydrogen-bond acceptors (Lipinski definition) is 4. The summed E-state index contributed by atoms with van der Waals surface area (Å²) < 4.78 is 29.3. The predicted octanol–water partition coefficient (Wildman–Crippen LogP) is 0.486. The Morgan fingerprint density at radius 3 is 1.92 bits per heavy atom. The first kappa shape index (κ1) is 9.82. The fraction of sp³-hybridized carbons (Fsp3) is 0.143. The zero-order valence-electron chi connectivity index (χ0n) is 6.51. The third-order valence-corrected chi connectivity index (χ3v) is 2.01. The van der Waals surface area contributed by atoms with E-state index in [0.717, 1.165) is 18.2 Å². The molecule has 3 N–H and O–H groups in total. The van der Waals surface area contributed by atoms with Gasteiger partial charge >= 0.3 is 0 Å². The quantitative estimate of drug-likeness (QED) is 0.609. The summed E-state index contributed by atoms with van der Waals surface area (Å²) in [6.07, 6.45) is 0. The van der Waals surface area contributed by atoms with E-state index in [9.17, 15) is 8.42 Å². The van der Waals surface area contributed by atoms with Gasteiger partial charge in [-0.15, -0.1) is 0 Å². The molecule has 0 radical (unpaired) electrons. The van der Waals surface area contributed by atoms with Crippen LogP contribution in [0.1, 0.15) is 5.56 Å². The van der Waals surface area contributed by atoms with Crippen molar-refractivity contribution < 1.29 is 23.2 Å². The molecule has 6 heteroatoms. The van der Waals surface area contributed by atoms with E-state index in [1.165, 1.54) is 0 Å². The average molecular weight is 204 g/mol. The van der Waals surface area contributed by atoms with E-state index in [2.05, 4.69) is 0 Å². The molecule has 72 valence electrons. The van der Waals surface area contributed by atoms with Crippen molar-refractivity contribution in [1.82, 2.24) is 0 Å². The van der Waals surface area contributed by atoms with Crippen molar-refractivity contribution in [3.63, 3.8) is 0 Å². The van der Waals surface area contributed by atoms with Gasteiger partial charge in [-0.05, 0) is 17.7 Å². The zero-order chi connectivity index (χ0) is 10.1. The van der Waals surface area contributed by atoms with Crippen molar-refractivity contribution in [1.29, 1.82) is 0 Å². The second kappa shape index (κ2) is 3.23. The van der Waals surface area contributed by atoms with Crippen LogP contribution in [0, 0.1) is 0 Å². The summed E-state index contributed by atoms with van der Waals surface area (Å²) in [5.41, 5.74) is 0.125. The molecule has 0 spiro atoms. The van der Waals surface area contributed by atoms with Crippen LogP contribution in [-0.4, -0.2) is 23.2 Å². The molecule has 0 atom stereocenters. The van der Waals surface area contributed by atoms with Gasteiger partial charge in [0.2, 0.25) is 0 Å². The lowest BCUT2D eigenvalue weighted by Gasteiger charge is -2.00. The normalized spacial score (nSPS) is 11.5. The minimum Gasteiger partial charge on any atom is -0.508 e. The summed E-state index contributed by atoms with van der Waals surface area (Å²) in [5.74, 6) is -1.13. The number of benzene rings is 1. The molecule has 5 nitrogen and oxygen atoms in total. The molecule has 1 rings (SSSR count). The molecule has 0 aliphatic carbocycles. The molecule has 0 heterocycles. The average Bonchev–Trinajstić information content (AvgIpc) is 1.78. The topological polar surface area (TPSA) is 94.8 Å². The van der Waals surface area contributed by atoms with Crippen molar-refractivity contribution in [3.05, 3.63) is 23.8 Å². The predicted molar refractivity (Wildman–Crippen MR) is 45.0 cm³/mol. The van der Waals surface area contributed by atoms with E-state index < -0.39 is 15.9 Å². The van der Waals surface area contributed by atoms with Crippen LogP contribution >= 0.6 is 0 Å². The first-order valence-corrected chi connectivity index (χ1v) is 4.95. The fourth-order valence-electron chi connectivity index (χ4n) is 0.950. The molecule has 0 amide bonds. The lowest BCUT2D eigenvalue weighted by atomic mass is 10.2. The minimum absolute atomic E-state index is 0.125. The smallest absolute Gasteiger partial charge is 0.269 e. The third kappa shape index (κ3) is 3.30. The minimum atomic E-state index is -4.13. The molecule has 0 saturated carbocycles. The molecule has 0 aromatic heterocycles. The molecule has 0 unspecified atom stereocenters. The second-order valence-corrected chi connectivity index (χ2v) is 4.04. The second-order valence-electron chi connectivity index (χ2n) is 2.58. The largest absolute Gasteiger partial charge is 0.508 e. The summed E-state index contributed by atoms with van der Waals surface area (Å²) in [6, 6.07) is 3.36. The number of hydrogen-bond donors (Lipinski definition) is 3. The Bertz CT molecular complexity index is 389. The Balaban J connectivity index is 3.03. The van der Waals surface area contributed by atoms with E-state index >= 15 is 0 Å². The molecule has 0 fully saturated rings. The van der Waals surface area contributed by atoms with E-state index in [4.69, 9.17) is 14.8 Å². The molecule has 1 aromatic carbocycles. The molecule has 0 aliphatic heterocycles. The van der Waals surface area contributed by atoms with Crippen LogP contribution in [0.3, 0.4) is 0 Å². The molecule has 1 aromatic rings. The Morgan fingerprint density at radius 2 is 1.54 bits per heavy atom. The summed E-state index contributed by atoms with van der Waals surface area (Å²) in [6.45, 7) is 0. The number of aromatic hydroxyl groups is 2. The van der Waals surface area contributed by atoms with Crippen molar-refractivity contribution in [2.24, 2.45) is 0 Å². The lowest BCUT2D eigenvalue weighted by Crippen LogP contribution is -2.01. The Labute approximate surface area is 75.0 Å². The Morgan fingerprint density at radius 1 is 1.08 bits per heavy atom. The van der Waals surface area contributed by atoms with Gasteiger partial charge < -0.3 is 10.2 Å². The maximum absolute atomic E-state index is 10.4. The maximum Gasteiger partial charge on any atom is 0.269 e. The van der Waals surface area contributed by atoms with Gasteiger partial charge in [-0.2, -0.15) is 8.42 Å². The van der Waals surface area contributed by atoms with Crippen LogP contribution in [0.15, 0.2) is 18.2 Å². The van der Waals surface area contributed by atoms with Crippen LogP contribution in [0.2, 0.25) is 0 Å². The van der Waals surface area contributed by atoms with E-state index in [0.29, 0.717) is 0 Å².